The van der Waals surface area contributed by atoms with E-state index in [9.17, 15) is 44.1 Å². The lowest BCUT2D eigenvalue weighted by molar-refractivity contribution is -0.203. The Labute approximate surface area is 304 Å². The molecule has 0 saturated carbocycles. The Bertz CT molecular complexity index is 1120. The molecule has 0 aliphatic carbocycles. The SMILES string of the molecule is CC(=O)CCOCCOCCNC(=O)CCOCCOCCNC(=O)[C@H](CC(=O)NC1OC(CO)C(O)C(O)C1NC(C)=O)CC(=O)OC(C)(C)C. The summed E-state index contributed by atoms with van der Waals surface area (Å²) in [4.78, 5) is 73.1. The smallest absolute Gasteiger partial charge is 0.307 e. The molecular formula is C33H58N4O15. The normalized spacial score (nSPS) is 20.7. The van der Waals surface area contributed by atoms with Gasteiger partial charge in [-0.25, -0.2) is 0 Å². The first-order chi connectivity index (χ1) is 24.5. The van der Waals surface area contributed by atoms with Crippen LogP contribution in [0.5, 0.6) is 0 Å². The van der Waals surface area contributed by atoms with Crippen LogP contribution in [0.1, 0.15) is 60.3 Å². The summed E-state index contributed by atoms with van der Waals surface area (Å²) in [7, 11) is 0. The number of ether oxygens (including phenoxy) is 6. The molecular weight excluding hydrogens is 692 g/mol. The molecule has 1 fully saturated rings. The van der Waals surface area contributed by atoms with Crippen molar-refractivity contribution in [3.63, 3.8) is 0 Å². The number of aliphatic hydroxyl groups excluding tert-OH is 3. The first-order valence-corrected chi connectivity index (χ1v) is 17.3. The van der Waals surface area contributed by atoms with Crippen molar-refractivity contribution in [2.45, 2.75) is 96.5 Å². The zero-order valence-electron chi connectivity index (χ0n) is 30.8. The van der Waals surface area contributed by atoms with Crippen molar-refractivity contribution < 1.29 is 72.5 Å². The van der Waals surface area contributed by atoms with Crippen LogP contribution in [-0.4, -0.2) is 159 Å². The lowest BCUT2D eigenvalue weighted by atomic mass is 9.95. The number of hydrogen-bond donors (Lipinski definition) is 7. The molecule has 19 heteroatoms. The van der Waals surface area contributed by atoms with Crippen molar-refractivity contribution in [1.82, 2.24) is 21.3 Å². The minimum atomic E-state index is -1.59. The van der Waals surface area contributed by atoms with Crippen LogP contribution in [0.4, 0.5) is 0 Å². The minimum Gasteiger partial charge on any atom is -0.460 e. The number of carbonyl (C=O) groups excluding carboxylic acids is 6. The Morgan fingerprint density at radius 2 is 1.27 bits per heavy atom. The Hall–Kier alpha value is -3.30. The molecule has 19 nitrogen and oxygen atoms in total. The fraction of sp³-hybridized carbons (Fsp3) is 0.818. The molecule has 1 heterocycles. The molecule has 52 heavy (non-hydrogen) atoms. The highest BCUT2D eigenvalue weighted by Crippen LogP contribution is 2.21. The second-order valence-electron chi connectivity index (χ2n) is 13.0. The van der Waals surface area contributed by atoms with Gasteiger partial charge in [0.15, 0.2) is 6.23 Å². The number of esters is 1. The molecule has 6 atom stereocenters. The van der Waals surface area contributed by atoms with Crippen LogP contribution in [0.25, 0.3) is 0 Å². The van der Waals surface area contributed by atoms with E-state index in [1.807, 2.05) is 0 Å². The van der Waals surface area contributed by atoms with Crippen LogP contribution in [0.2, 0.25) is 0 Å². The molecule has 300 valence electrons. The van der Waals surface area contributed by atoms with Gasteiger partial charge in [0.1, 0.15) is 35.7 Å². The summed E-state index contributed by atoms with van der Waals surface area (Å²) < 4.78 is 32.3. The maximum atomic E-state index is 13.1. The number of Topliss-reactive ketones (excluding diaryl/α,β-unsaturated/α-hetero) is 1. The van der Waals surface area contributed by atoms with Crippen molar-refractivity contribution in [2.75, 3.05) is 72.6 Å². The zero-order valence-corrected chi connectivity index (χ0v) is 30.8. The zero-order chi connectivity index (χ0) is 39.1. The van der Waals surface area contributed by atoms with Gasteiger partial charge in [0.25, 0.3) is 0 Å². The van der Waals surface area contributed by atoms with E-state index in [0.717, 1.165) is 6.92 Å². The molecule has 0 radical (unpaired) electrons. The predicted molar refractivity (Wildman–Crippen MR) is 181 cm³/mol. The van der Waals surface area contributed by atoms with E-state index in [2.05, 4.69) is 21.3 Å². The fourth-order valence-electron chi connectivity index (χ4n) is 4.69. The van der Waals surface area contributed by atoms with Gasteiger partial charge in [0.05, 0.1) is 71.8 Å². The summed E-state index contributed by atoms with van der Waals surface area (Å²) in [6.45, 7) is 9.33. The first kappa shape index (κ1) is 46.7. The molecule has 4 amide bonds. The van der Waals surface area contributed by atoms with Gasteiger partial charge in [-0.2, -0.15) is 0 Å². The number of nitrogens with one attached hydrogen (secondary N) is 4. The Balaban J connectivity index is 2.44. The van der Waals surface area contributed by atoms with Crippen molar-refractivity contribution in [3.05, 3.63) is 0 Å². The third-order valence-corrected chi connectivity index (χ3v) is 7.17. The van der Waals surface area contributed by atoms with Gasteiger partial charge in [0.2, 0.25) is 23.6 Å². The summed E-state index contributed by atoms with van der Waals surface area (Å²) in [5.74, 6) is -4.04. The highest BCUT2D eigenvalue weighted by Gasteiger charge is 2.45. The fourth-order valence-corrected chi connectivity index (χ4v) is 4.69. The van der Waals surface area contributed by atoms with Crippen LogP contribution >= 0.6 is 0 Å². The van der Waals surface area contributed by atoms with Gasteiger partial charge in [-0.05, 0) is 27.7 Å². The van der Waals surface area contributed by atoms with E-state index >= 15 is 0 Å². The molecule has 0 aromatic rings. The molecule has 1 rings (SSSR count). The third kappa shape index (κ3) is 21.3. The lowest BCUT2D eigenvalue weighted by Gasteiger charge is -2.42. The summed E-state index contributed by atoms with van der Waals surface area (Å²) in [6.07, 6.45) is -6.23. The van der Waals surface area contributed by atoms with Crippen LogP contribution in [0, 0.1) is 5.92 Å². The topological polar surface area (TPSA) is 267 Å². The number of hydrogen-bond acceptors (Lipinski definition) is 15. The molecule has 0 aromatic carbocycles. The van der Waals surface area contributed by atoms with Gasteiger partial charge < -0.3 is 65.0 Å². The highest BCUT2D eigenvalue weighted by molar-refractivity contribution is 5.89. The number of carbonyl (C=O) groups is 6. The van der Waals surface area contributed by atoms with Crippen molar-refractivity contribution in [1.29, 1.82) is 0 Å². The standard InChI is InChI=1S/C33H58N4O15/c1-21(39)6-10-47-14-16-49-12-8-34-25(41)7-11-48-15-17-50-13-9-35-31(46)23(19-27(43)52-33(3,4)5)18-26(42)37-32-28(36-22(2)40)30(45)29(44)24(20-38)51-32/h23-24,28-30,32,38,44-45H,6-20H2,1-5H3,(H,34,41)(H,35,46)(H,36,40)(H,37,42)/t23-,24?,28?,29?,30?,32?/m1/s1. The first-order valence-electron chi connectivity index (χ1n) is 17.3. The average molecular weight is 751 g/mol. The van der Waals surface area contributed by atoms with E-state index in [0.29, 0.717) is 39.4 Å². The van der Waals surface area contributed by atoms with Crippen molar-refractivity contribution >= 4 is 35.4 Å². The van der Waals surface area contributed by atoms with Gasteiger partial charge in [-0.1, -0.05) is 0 Å². The molecule has 7 N–H and O–H groups in total. The van der Waals surface area contributed by atoms with Gasteiger partial charge in [-0.3, -0.25) is 28.8 Å². The third-order valence-electron chi connectivity index (χ3n) is 7.17. The lowest BCUT2D eigenvalue weighted by Crippen LogP contribution is -2.68. The van der Waals surface area contributed by atoms with Gasteiger partial charge in [0, 0.05) is 39.3 Å². The maximum Gasteiger partial charge on any atom is 0.307 e. The second kappa shape index (κ2) is 25.6. The maximum absolute atomic E-state index is 13.1. The van der Waals surface area contributed by atoms with Crippen LogP contribution in [0.3, 0.4) is 0 Å². The van der Waals surface area contributed by atoms with Crippen molar-refractivity contribution in [2.24, 2.45) is 5.92 Å². The van der Waals surface area contributed by atoms with Crippen molar-refractivity contribution in [3.8, 4) is 0 Å². The number of amides is 4. The second-order valence-corrected chi connectivity index (χ2v) is 13.0. The monoisotopic (exact) mass is 750 g/mol. The van der Waals surface area contributed by atoms with Crippen LogP contribution in [-0.2, 0) is 57.2 Å². The van der Waals surface area contributed by atoms with E-state index in [1.54, 1.807) is 20.8 Å². The quantitative estimate of drug-likeness (QED) is 0.0355. The van der Waals surface area contributed by atoms with Gasteiger partial charge >= 0.3 is 5.97 Å². The summed E-state index contributed by atoms with van der Waals surface area (Å²) in [6, 6.07) is -1.27. The average Bonchev–Trinajstić information content (AvgIpc) is 3.04. The van der Waals surface area contributed by atoms with Crippen LogP contribution in [0.15, 0.2) is 0 Å². The molecule has 1 saturated heterocycles. The predicted octanol–water partition coefficient (Wildman–Crippen LogP) is -2.55. The minimum absolute atomic E-state index is 0.0406. The Morgan fingerprint density at radius 1 is 0.712 bits per heavy atom. The Kier molecular flexibility index (Phi) is 23.0. The van der Waals surface area contributed by atoms with Gasteiger partial charge in [-0.15, -0.1) is 0 Å². The van der Waals surface area contributed by atoms with E-state index in [1.165, 1.54) is 6.92 Å². The molecule has 5 unspecified atom stereocenters. The summed E-state index contributed by atoms with van der Waals surface area (Å²) >= 11 is 0. The molecule has 0 bridgehead atoms. The summed E-state index contributed by atoms with van der Waals surface area (Å²) in [5.41, 5.74) is -0.845. The van der Waals surface area contributed by atoms with E-state index in [4.69, 9.17) is 28.4 Å². The molecule has 1 aliphatic heterocycles. The number of rotatable bonds is 26. The molecule has 0 aromatic heterocycles. The molecule has 1 aliphatic rings. The number of ketones is 1. The molecule has 0 spiro atoms. The van der Waals surface area contributed by atoms with E-state index in [-0.39, 0.29) is 51.1 Å². The largest absolute Gasteiger partial charge is 0.460 e. The van der Waals surface area contributed by atoms with Crippen LogP contribution < -0.4 is 21.3 Å². The summed E-state index contributed by atoms with van der Waals surface area (Å²) in [5, 5.41) is 40.4. The Morgan fingerprint density at radius 3 is 1.81 bits per heavy atom. The van der Waals surface area contributed by atoms with E-state index < -0.39 is 85.2 Å². The number of aliphatic hydroxyl groups is 3. The highest BCUT2D eigenvalue weighted by atomic mass is 16.6.